The smallest absolute Gasteiger partial charge is 0.336 e. The zero-order valence-corrected chi connectivity index (χ0v) is 14.5. The van der Waals surface area contributed by atoms with Crippen LogP contribution < -0.4 is 4.74 Å². The number of esters is 1. The Hall–Kier alpha value is -2.99. The molecule has 0 atom stereocenters. The van der Waals surface area contributed by atoms with Crippen molar-refractivity contribution in [3.63, 3.8) is 0 Å². The van der Waals surface area contributed by atoms with Gasteiger partial charge in [0.15, 0.2) is 0 Å². The summed E-state index contributed by atoms with van der Waals surface area (Å²) in [5.74, 6) is -0.0667. The van der Waals surface area contributed by atoms with Crippen molar-refractivity contribution in [2.45, 2.75) is 0 Å². The molecule has 0 bridgehead atoms. The Labute approximate surface area is 151 Å². The Morgan fingerprint density at radius 2 is 1.68 bits per heavy atom. The Morgan fingerprint density at radius 3 is 2.40 bits per heavy atom. The maximum atomic E-state index is 11.9. The second-order valence-corrected chi connectivity index (χ2v) is 6.17. The summed E-state index contributed by atoms with van der Waals surface area (Å²) in [4.78, 5) is 22.1. The molecule has 0 saturated carbocycles. The zero-order valence-electron chi connectivity index (χ0n) is 12.9. The van der Waals surface area contributed by atoms with Gasteiger partial charge < -0.3 is 4.74 Å². The van der Waals surface area contributed by atoms with Gasteiger partial charge in [-0.15, -0.1) is 0 Å². The Morgan fingerprint density at radius 1 is 1.00 bits per heavy atom. The van der Waals surface area contributed by atoms with Crippen LogP contribution in [0.15, 0.2) is 71.2 Å². The largest absolute Gasteiger partial charge is 0.423 e. The van der Waals surface area contributed by atoms with Crippen molar-refractivity contribution in [3.05, 3.63) is 86.9 Å². The van der Waals surface area contributed by atoms with E-state index in [4.69, 9.17) is 4.74 Å². The number of non-ortho nitro benzene ring substituents is 1. The molecule has 0 aromatic heterocycles. The third kappa shape index (κ3) is 4.30. The lowest BCUT2D eigenvalue weighted by Gasteiger charge is -2.04. The van der Waals surface area contributed by atoms with Crippen LogP contribution in [0.2, 0.25) is 0 Å². The molecule has 0 spiro atoms. The molecule has 3 aromatic carbocycles. The van der Waals surface area contributed by atoms with Gasteiger partial charge in [0.25, 0.3) is 5.69 Å². The number of ether oxygens (including phenoxy) is 1. The van der Waals surface area contributed by atoms with Gasteiger partial charge in [0.1, 0.15) is 5.75 Å². The number of nitro benzene ring substituents is 1. The van der Waals surface area contributed by atoms with Crippen LogP contribution in [0.25, 0.3) is 16.8 Å². The van der Waals surface area contributed by atoms with E-state index in [1.54, 1.807) is 30.3 Å². The molecule has 0 amide bonds. The molecule has 3 rings (SSSR count). The Balaban J connectivity index is 1.69. The maximum Gasteiger partial charge on any atom is 0.336 e. The Kier molecular flexibility index (Phi) is 4.90. The van der Waals surface area contributed by atoms with Gasteiger partial charge in [-0.25, -0.2) is 4.79 Å². The number of rotatable bonds is 4. The van der Waals surface area contributed by atoms with Crippen LogP contribution in [0, 0.1) is 10.1 Å². The number of carbonyl (C=O) groups excluding carboxylic acids is 1. The summed E-state index contributed by atoms with van der Waals surface area (Å²) in [6, 6.07) is 17.1. The molecule has 3 aromatic rings. The van der Waals surface area contributed by atoms with E-state index in [2.05, 4.69) is 15.9 Å². The fourth-order valence-corrected chi connectivity index (χ4v) is 2.66. The van der Waals surface area contributed by atoms with Gasteiger partial charge >= 0.3 is 5.97 Å². The summed E-state index contributed by atoms with van der Waals surface area (Å²) in [6.45, 7) is 0. The molecule has 124 valence electrons. The van der Waals surface area contributed by atoms with Gasteiger partial charge in [-0.2, -0.15) is 0 Å². The first kappa shape index (κ1) is 16.9. The van der Waals surface area contributed by atoms with Gasteiger partial charge in [-0.1, -0.05) is 28.1 Å². The van der Waals surface area contributed by atoms with E-state index in [1.807, 2.05) is 24.3 Å². The number of benzene rings is 3. The fourth-order valence-electron chi connectivity index (χ4n) is 2.28. The van der Waals surface area contributed by atoms with E-state index < -0.39 is 10.9 Å². The van der Waals surface area contributed by atoms with Crippen molar-refractivity contribution in [2.24, 2.45) is 0 Å². The second kappa shape index (κ2) is 7.27. The monoisotopic (exact) mass is 397 g/mol. The number of fused-ring (bicyclic) bond motifs is 1. The predicted octanol–water partition coefficient (Wildman–Crippen LogP) is 5.13. The lowest BCUT2D eigenvalue weighted by atomic mass is 10.1. The van der Waals surface area contributed by atoms with Gasteiger partial charge in [-0.05, 0) is 58.8 Å². The van der Waals surface area contributed by atoms with Gasteiger partial charge in [0.2, 0.25) is 0 Å². The van der Waals surface area contributed by atoms with E-state index in [-0.39, 0.29) is 5.69 Å². The normalized spacial score (nSPS) is 10.9. The summed E-state index contributed by atoms with van der Waals surface area (Å²) in [5, 5.41) is 12.6. The highest BCUT2D eigenvalue weighted by atomic mass is 79.9. The van der Waals surface area contributed by atoms with Gasteiger partial charge in [0, 0.05) is 22.7 Å². The summed E-state index contributed by atoms with van der Waals surface area (Å²) in [6.07, 6.45) is 2.83. The van der Waals surface area contributed by atoms with Crippen molar-refractivity contribution in [1.82, 2.24) is 0 Å². The molecule has 5 nitrogen and oxygen atoms in total. The predicted molar refractivity (Wildman–Crippen MR) is 99.4 cm³/mol. The number of carbonyl (C=O) groups is 1. The average Bonchev–Trinajstić information content (AvgIpc) is 2.60. The summed E-state index contributed by atoms with van der Waals surface area (Å²) in [7, 11) is 0. The number of halogens is 1. The zero-order chi connectivity index (χ0) is 17.8. The third-order valence-electron chi connectivity index (χ3n) is 3.51. The first-order valence-electron chi connectivity index (χ1n) is 7.35. The van der Waals surface area contributed by atoms with E-state index in [0.717, 1.165) is 15.2 Å². The molecule has 0 aliphatic heterocycles. The van der Waals surface area contributed by atoms with Crippen LogP contribution >= 0.6 is 15.9 Å². The molecular formula is C19H12BrNO4. The first-order valence-corrected chi connectivity index (χ1v) is 8.14. The van der Waals surface area contributed by atoms with Gasteiger partial charge in [0.05, 0.1) is 4.92 Å². The maximum absolute atomic E-state index is 11.9. The van der Waals surface area contributed by atoms with Crippen LogP contribution in [0.5, 0.6) is 5.75 Å². The number of hydrogen-bond acceptors (Lipinski definition) is 4. The van der Waals surface area contributed by atoms with Crippen LogP contribution in [-0.4, -0.2) is 10.9 Å². The standard InChI is InChI=1S/C19H12BrNO4/c20-16-6-4-15-12-18(9-5-14(15)11-16)25-19(22)10-3-13-1-7-17(8-2-13)21(23)24/h1-12H. The van der Waals surface area contributed by atoms with Crippen molar-refractivity contribution >= 4 is 44.4 Å². The molecule has 0 saturated heterocycles. The summed E-state index contributed by atoms with van der Waals surface area (Å²) < 4.78 is 6.27. The van der Waals surface area contributed by atoms with Gasteiger partial charge in [-0.3, -0.25) is 10.1 Å². The van der Waals surface area contributed by atoms with E-state index in [0.29, 0.717) is 11.3 Å². The van der Waals surface area contributed by atoms with Crippen molar-refractivity contribution < 1.29 is 14.5 Å². The van der Waals surface area contributed by atoms with E-state index in [1.165, 1.54) is 18.2 Å². The van der Waals surface area contributed by atoms with Crippen molar-refractivity contribution in [3.8, 4) is 5.75 Å². The average molecular weight is 398 g/mol. The van der Waals surface area contributed by atoms with Crippen LogP contribution in [-0.2, 0) is 4.79 Å². The molecule has 0 unspecified atom stereocenters. The molecule has 6 heteroatoms. The second-order valence-electron chi connectivity index (χ2n) is 5.26. The first-order chi connectivity index (χ1) is 12.0. The summed E-state index contributed by atoms with van der Waals surface area (Å²) >= 11 is 3.41. The lowest BCUT2D eigenvalue weighted by molar-refractivity contribution is -0.384. The van der Waals surface area contributed by atoms with Crippen LogP contribution in [0.3, 0.4) is 0 Å². The number of nitrogens with zero attached hydrogens (tertiary/aromatic N) is 1. The molecule has 0 heterocycles. The topological polar surface area (TPSA) is 69.4 Å². The highest BCUT2D eigenvalue weighted by Crippen LogP contribution is 2.24. The molecule has 25 heavy (non-hydrogen) atoms. The fraction of sp³-hybridized carbons (Fsp3) is 0. The number of hydrogen-bond donors (Lipinski definition) is 0. The lowest BCUT2D eigenvalue weighted by Crippen LogP contribution is -2.03. The third-order valence-corrected chi connectivity index (χ3v) is 4.00. The molecule has 0 fully saturated rings. The van der Waals surface area contributed by atoms with Crippen molar-refractivity contribution in [2.75, 3.05) is 0 Å². The minimum Gasteiger partial charge on any atom is -0.423 e. The molecule has 0 aliphatic rings. The SMILES string of the molecule is O=C(C=Cc1ccc([N+](=O)[O-])cc1)Oc1ccc2cc(Br)ccc2c1. The molecule has 0 aliphatic carbocycles. The summed E-state index contributed by atoms with van der Waals surface area (Å²) in [5.41, 5.74) is 0.674. The minimum absolute atomic E-state index is 0.00234. The molecule has 0 N–H and O–H groups in total. The highest BCUT2D eigenvalue weighted by molar-refractivity contribution is 9.10. The molecular weight excluding hydrogens is 386 g/mol. The Bertz CT molecular complexity index is 980. The molecule has 0 radical (unpaired) electrons. The minimum atomic E-state index is -0.519. The number of nitro groups is 1. The van der Waals surface area contributed by atoms with Crippen molar-refractivity contribution in [1.29, 1.82) is 0 Å². The highest BCUT2D eigenvalue weighted by Gasteiger charge is 2.04. The van der Waals surface area contributed by atoms with E-state index in [9.17, 15) is 14.9 Å². The quantitative estimate of drug-likeness (QED) is 0.201. The van der Waals surface area contributed by atoms with Crippen LogP contribution in [0.4, 0.5) is 5.69 Å². The van der Waals surface area contributed by atoms with Crippen LogP contribution in [0.1, 0.15) is 5.56 Å². The van der Waals surface area contributed by atoms with E-state index >= 15 is 0 Å².